The van der Waals surface area contributed by atoms with Gasteiger partial charge in [-0.15, -0.1) is 10.2 Å². The van der Waals surface area contributed by atoms with Crippen LogP contribution in [0.3, 0.4) is 0 Å². The minimum absolute atomic E-state index is 0.115. The van der Waals surface area contributed by atoms with Crippen LogP contribution in [0.25, 0.3) is 0 Å². The van der Waals surface area contributed by atoms with E-state index in [2.05, 4.69) is 32.4 Å². The molecular formula is C15H21N5OS2. The van der Waals surface area contributed by atoms with Crippen LogP contribution in [-0.2, 0) is 11.2 Å². The SMILES string of the molecule is CCCCc1nnc(NC(=O)C(C)Sc2nc(C)cc(C)n2)s1. The summed E-state index contributed by atoms with van der Waals surface area (Å²) in [5.74, 6) is -0.115. The van der Waals surface area contributed by atoms with Gasteiger partial charge in [-0.1, -0.05) is 36.4 Å². The molecule has 1 unspecified atom stereocenters. The number of anilines is 1. The number of hydrogen-bond donors (Lipinski definition) is 1. The maximum absolute atomic E-state index is 12.3. The number of aryl methyl sites for hydroxylation is 3. The van der Waals surface area contributed by atoms with Crippen molar-refractivity contribution in [3.05, 3.63) is 22.5 Å². The van der Waals surface area contributed by atoms with Gasteiger partial charge in [-0.05, 0) is 33.3 Å². The van der Waals surface area contributed by atoms with Crippen molar-refractivity contribution in [2.24, 2.45) is 0 Å². The molecule has 1 amide bonds. The lowest BCUT2D eigenvalue weighted by Crippen LogP contribution is -2.22. The van der Waals surface area contributed by atoms with Crippen molar-refractivity contribution in [1.29, 1.82) is 0 Å². The van der Waals surface area contributed by atoms with Crippen LogP contribution in [0.2, 0.25) is 0 Å². The fraction of sp³-hybridized carbons (Fsp3) is 0.533. The van der Waals surface area contributed by atoms with Crippen molar-refractivity contribution in [2.75, 3.05) is 5.32 Å². The molecule has 2 heterocycles. The molecule has 1 atom stereocenters. The molecule has 2 rings (SSSR count). The molecule has 0 aliphatic heterocycles. The molecule has 0 bridgehead atoms. The van der Waals surface area contributed by atoms with E-state index in [1.807, 2.05) is 26.8 Å². The van der Waals surface area contributed by atoms with Gasteiger partial charge in [0.05, 0.1) is 5.25 Å². The third-order valence-electron chi connectivity index (χ3n) is 3.05. The lowest BCUT2D eigenvalue weighted by molar-refractivity contribution is -0.115. The van der Waals surface area contributed by atoms with E-state index in [4.69, 9.17) is 0 Å². The Bertz CT molecular complexity index is 653. The summed E-state index contributed by atoms with van der Waals surface area (Å²) in [6.07, 6.45) is 3.11. The molecular weight excluding hydrogens is 330 g/mol. The first-order valence-electron chi connectivity index (χ1n) is 7.60. The fourth-order valence-corrected chi connectivity index (χ4v) is 3.56. The topological polar surface area (TPSA) is 80.7 Å². The lowest BCUT2D eigenvalue weighted by Gasteiger charge is -2.09. The first kappa shape index (κ1) is 17.8. The largest absolute Gasteiger partial charge is 0.300 e. The van der Waals surface area contributed by atoms with Gasteiger partial charge in [0.15, 0.2) is 5.16 Å². The molecule has 0 saturated heterocycles. The maximum atomic E-state index is 12.3. The molecule has 0 spiro atoms. The van der Waals surface area contributed by atoms with Gasteiger partial charge in [-0.3, -0.25) is 10.1 Å². The van der Waals surface area contributed by atoms with Crippen LogP contribution < -0.4 is 5.32 Å². The van der Waals surface area contributed by atoms with Crippen molar-refractivity contribution in [3.8, 4) is 0 Å². The quantitative estimate of drug-likeness (QED) is 0.608. The molecule has 8 heteroatoms. The zero-order valence-electron chi connectivity index (χ0n) is 13.8. The maximum Gasteiger partial charge on any atom is 0.239 e. The molecule has 6 nitrogen and oxygen atoms in total. The Morgan fingerprint density at radius 1 is 1.30 bits per heavy atom. The van der Waals surface area contributed by atoms with Crippen molar-refractivity contribution in [2.45, 2.75) is 57.4 Å². The molecule has 2 aromatic rings. The van der Waals surface area contributed by atoms with Crippen LogP contribution in [0.15, 0.2) is 11.2 Å². The second-order valence-corrected chi connectivity index (χ2v) is 7.66. The fourth-order valence-electron chi connectivity index (χ4n) is 1.90. The van der Waals surface area contributed by atoms with Crippen molar-refractivity contribution in [1.82, 2.24) is 20.2 Å². The van der Waals surface area contributed by atoms with Crippen LogP contribution >= 0.6 is 23.1 Å². The van der Waals surface area contributed by atoms with Crippen LogP contribution in [0.4, 0.5) is 5.13 Å². The number of rotatable bonds is 7. The molecule has 23 heavy (non-hydrogen) atoms. The van der Waals surface area contributed by atoms with Crippen molar-refractivity contribution >= 4 is 34.1 Å². The molecule has 0 radical (unpaired) electrons. The Labute approximate surface area is 144 Å². The Hall–Kier alpha value is -1.54. The molecule has 0 aromatic carbocycles. The van der Waals surface area contributed by atoms with Crippen molar-refractivity contribution in [3.63, 3.8) is 0 Å². The predicted molar refractivity (Wildman–Crippen MR) is 94.0 cm³/mol. The average Bonchev–Trinajstić information content (AvgIpc) is 2.91. The predicted octanol–water partition coefficient (Wildman–Crippen LogP) is 3.41. The highest BCUT2D eigenvalue weighted by Gasteiger charge is 2.18. The van der Waals surface area contributed by atoms with E-state index in [-0.39, 0.29) is 11.2 Å². The number of carbonyl (C=O) groups excluding carboxylic acids is 1. The van der Waals surface area contributed by atoms with E-state index in [1.165, 1.54) is 23.1 Å². The second kappa shape index (κ2) is 8.35. The summed E-state index contributed by atoms with van der Waals surface area (Å²) >= 11 is 2.78. The van der Waals surface area contributed by atoms with E-state index in [0.717, 1.165) is 35.7 Å². The summed E-state index contributed by atoms with van der Waals surface area (Å²) in [6.45, 7) is 7.81. The highest BCUT2D eigenvalue weighted by Crippen LogP contribution is 2.23. The molecule has 0 aliphatic rings. The first-order chi connectivity index (χ1) is 11.0. The van der Waals surface area contributed by atoms with E-state index in [0.29, 0.717) is 10.3 Å². The molecule has 1 N–H and O–H groups in total. The summed E-state index contributed by atoms with van der Waals surface area (Å²) in [4.78, 5) is 21.0. The number of nitrogens with one attached hydrogen (secondary N) is 1. The summed E-state index contributed by atoms with van der Waals surface area (Å²) in [5, 5.41) is 12.8. The third kappa shape index (κ3) is 5.54. The summed E-state index contributed by atoms with van der Waals surface area (Å²) in [6, 6.07) is 1.91. The van der Waals surface area contributed by atoms with Crippen LogP contribution in [0.1, 0.15) is 43.1 Å². The molecule has 0 saturated carbocycles. The van der Waals surface area contributed by atoms with Crippen LogP contribution in [0.5, 0.6) is 0 Å². The van der Waals surface area contributed by atoms with E-state index < -0.39 is 0 Å². The van der Waals surface area contributed by atoms with Crippen molar-refractivity contribution < 1.29 is 4.79 Å². The number of carbonyl (C=O) groups is 1. The molecule has 0 fully saturated rings. The monoisotopic (exact) mass is 351 g/mol. The highest BCUT2D eigenvalue weighted by molar-refractivity contribution is 8.00. The molecule has 2 aromatic heterocycles. The van der Waals surface area contributed by atoms with E-state index in [1.54, 1.807) is 0 Å². The van der Waals surface area contributed by atoms with Gasteiger partial charge < -0.3 is 0 Å². The van der Waals surface area contributed by atoms with Gasteiger partial charge in [0.1, 0.15) is 5.01 Å². The van der Waals surface area contributed by atoms with Gasteiger partial charge in [0, 0.05) is 17.8 Å². The Balaban J connectivity index is 1.93. The number of amides is 1. The first-order valence-corrected chi connectivity index (χ1v) is 9.29. The Morgan fingerprint density at radius 2 is 2.00 bits per heavy atom. The number of hydrogen-bond acceptors (Lipinski definition) is 7. The summed E-state index contributed by atoms with van der Waals surface area (Å²) in [5.41, 5.74) is 1.80. The van der Waals surface area contributed by atoms with Crippen LogP contribution in [0, 0.1) is 13.8 Å². The van der Waals surface area contributed by atoms with Gasteiger partial charge in [0.25, 0.3) is 0 Å². The Kier molecular flexibility index (Phi) is 6.47. The summed E-state index contributed by atoms with van der Waals surface area (Å²) < 4.78 is 0. The minimum Gasteiger partial charge on any atom is -0.300 e. The lowest BCUT2D eigenvalue weighted by atomic mass is 10.3. The number of nitrogens with zero attached hydrogens (tertiary/aromatic N) is 4. The third-order valence-corrected chi connectivity index (χ3v) is 4.91. The van der Waals surface area contributed by atoms with Gasteiger partial charge in [-0.25, -0.2) is 9.97 Å². The van der Waals surface area contributed by atoms with Gasteiger partial charge >= 0.3 is 0 Å². The van der Waals surface area contributed by atoms with Crippen LogP contribution in [-0.4, -0.2) is 31.3 Å². The smallest absolute Gasteiger partial charge is 0.239 e. The van der Waals surface area contributed by atoms with E-state index in [9.17, 15) is 4.79 Å². The molecule has 0 aliphatic carbocycles. The van der Waals surface area contributed by atoms with Gasteiger partial charge in [-0.2, -0.15) is 0 Å². The van der Waals surface area contributed by atoms with Gasteiger partial charge in [0.2, 0.25) is 11.0 Å². The number of thioether (sulfide) groups is 1. The van der Waals surface area contributed by atoms with E-state index >= 15 is 0 Å². The summed E-state index contributed by atoms with van der Waals surface area (Å²) in [7, 11) is 0. The number of aromatic nitrogens is 4. The zero-order valence-corrected chi connectivity index (χ0v) is 15.4. The second-order valence-electron chi connectivity index (χ2n) is 5.29. The number of unbranched alkanes of at least 4 members (excludes halogenated alkanes) is 1. The molecule has 124 valence electrons. The highest BCUT2D eigenvalue weighted by atomic mass is 32.2. The zero-order chi connectivity index (χ0) is 16.8. The Morgan fingerprint density at radius 3 is 2.65 bits per heavy atom. The standard InChI is InChI=1S/C15H21N5OS2/c1-5-6-7-12-19-20-15(23-12)18-13(21)11(4)22-14-16-9(2)8-10(3)17-14/h8,11H,5-7H2,1-4H3,(H,18,20,21). The average molecular weight is 352 g/mol. The normalized spacial score (nSPS) is 12.2. The minimum atomic E-state index is -0.306.